The van der Waals surface area contributed by atoms with Crippen LogP contribution in [0, 0.1) is 0 Å². The summed E-state index contributed by atoms with van der Waals surface area (Å²) in [6.45, 7) is 8.04. The number of amides is 1. The van der Waals surface area contributed by atoms with E-state index >= 15 is 0 Å². The second-order valence-electron chi connectivity index (χ2n) is 2.23. The number of carbonyl (C=O) groups is 1. The van der Waals surface area contributed by atoms with E-state index in [1.807, 2.05) is 0 Å². The summed E-state index contributed by atoms with van der Waals surface area (Å²) in [6, 6.07) is 0. The van der Waals surface area contributed by atoms with Gasteiger partial charge in [0.05, 0.1) is 0 Å². The molecule has 0 aromatic heterocycles. The van der Waals surface area contributed by atoms with Gasteiger partial charge in [0.1, 0.15) is 0 Å². The van der Waals surface area contributed by atoms with Crippen molar-refractivity contribution in [3.63, 3.8) is 0 Å². The Bertz CT molecular complexity index is 115. The molecule has 1 N–H and O–H groups in total. The zero-order chi connectivity index (χ0) is 8.69. The normalized spacial score (nSPS) is 10.2. The van der Waals surface area contributed by atoms with Crippen molar-refractivity contribution in [2.75, 3.05) is 26.2 Å². The van der Waals surface area contributed by atoms with Crippen molar-refractivity contribution in [1.82, 2.24) is 10.2 Å². The van der Waals surface area contributed by atoms with E-state index in [2.05, 4.69) is 24.1 Å². The summed E-state index contributed by atoms with van der Waals surface area (Å²) < 4.78 is 0.0229. The van der Waals surface area contributed by atoms with E-state index < -0.39 is 0 Å². The summed E-state index contributed by atoms with van der Waals surface area (Å²) in [5.41, 5.74) is 0. The topological polar surface area (TPSA) is 32.3 Å². The van der Waals surface area contributed by atoms with Gasteiger partial charge in [-0.15, -0.1) is 0 Å². The Kier molecular flexibility index (Phi) is 6.94. The van der Waals surface area contributed by atoms with Crippen LogP contribution >= 0.6 is 22.6 Å². The summed E-state index contributed by atoms with van der Waals surface area (Å²) in [5.74, 6) is 0. The van der Waals surface area contributed by atoms with E-state index in [0.717, 1.165) is 26.2 Å². The minimum atomic E-state index is 0.0229. The number of likely N-dealkylation sites (N-methyl/N-ethyl adjacent to an activating group) is 1. The van der Waals surface area contributed by atoms with E-state index in [9.17, 15) is 4.79 Å². The average molecular weight is 270 g/mol. The van der Waals surface area contributed by atoms with Gasteiger partial charge in [-0.25, -0.2) is 0 Å². The van der Waals surface area contributed by atoms with E-state index in [0.29, 0.717) is 0 Å². The molecule has 0 bridgehead atoms. The van der Waals surface area contributed by atoms with Crippen molar-refractivity contribution in [3.05, 3.63) is 0 Å². The zero-order valence-electron chi connectivity index (χ0n) is 7.06. The predicted octanol–water partition coefficient (Wildman–Crippen LogP) is 1.47. The first-order valence-corrected chi connectivity index (χ1v) is 4.94. The Morgan fingerprint density at radius 2 is 2.00 bits per heavy atom. The molecule has 1 amide bonds. The molecule has 0 rings (SSSR count). The minimum absolute atomic E-state index is 0.0229. The molecule has 0 fully saturated rings. The third-order valence-electron chi connectivity index (χ3n) is 1.59. The first-order valence-electron chi connectivity index (χ1n) is 3.86. The van der Waals surface area contributed by atoms with Crippen LogP contribution in [0.3, 0.4) is 0 Å². The third kappa shape index (κ3) is 6.55. The van der Waals surface area contributed by atoms with Gasteiger partial charge in [0.2, 0.25) is 0 Å². The molecule has 11 heavy (non-hydrogen) atoms. The molecular weight excluding hydrogens is 255 g/mol. The van der Waals surface area contributed by atoms with E-state index in [1.165, 1.54) is 0 Å². The molecule has 0 aliphatic carbocycles. The Morgan fingerprint density at radius 3 is 2.36 bits per heavy atom. The molecule has 0 heterocycles. The van der Waals surface area contributed by atoms with Crippen molar-refractivity contribution in [2.24, 2.45) is 0 Å². The van der Waals surface area contributed by atoms with Crippen molar-refractivity contribution in [2.45, 2.75) is 13.8 Å². The van der Waals surface area contributed by atoms with Gasteiger partial charge in [0.25, 0.3) is 3.91 Å². The number of hydrogen-bond acceptors (Lipinski definition) is 2. The molecule has 4 heteroatoms. The highest BCUT2D eigenvalue weighted by atomic mass is 127. The minimum Gasteiger partial charge on any atom is -0.346 e. The predicted molar refractivity (Wildman–Crippen MR) is 55.2 cm³/mol. The van der Waals surface area contributed by atoms with Gasteiger partial charge >= 0.3 is 0 Å². The van der Waals surface area contributed by atoms with E-state index in [4.69, 9.17) is 0 Å². The summed E-state index contributed by atoms with van der Waals surface area (Å²) >= 11 is 1.74. The second-order valence-corrected chi connectivity index (χ2v) is 3.21. The molecule has 0 spiro atoms. The number of nitrogens with zero attached hydrogens (tertiary/aromatic N) is 1. The second kappa shape index (κ2) is 6.84. The summed E-state index contributed by atoms with van der Waals surface area (Å²) in [4.78, 5) is 12.7. The number of nitrogens with one attached hydrogen (secondary N) is 1. The molecule has 0 aromatic carbocycles. The fourth-order valence-corrected chi connectivity index (χ4v) is 1.12. The maximum Gasteiger partial charge on any atom is 0.280 e. The lowest BCUT2D eigenvalue weighted by molar-refractivity contribution is 0.258. The van der Waals surface area contributed by atoms with Gasteiger partial charge in [-0.3, -0.25) is 4.79 Å². The molecule has 0 saturated carbocycles. The van der Waals surface area contributed by atoms with Crippen LogP contribution in [-0.2, 0) is 0 Å². The Morgan fingerprint density at radius 1 is 1.45 bits per heavy atom. The standard InChI is InChI=1S/C7H15IN2O/c1-3-10(4-2)6-5-9-7(8)11/h3-6H2,1-2H3,(H,9,11). The third-order valence-corrected chi connectivity index (χ3v) is 1.97. The average Bonchev–Trinajstić information content (AvgIpc) is 1.98. The van der Waals surface area contributed by atoms with E-state index in [1.54, 1.807) is 22.6 Å². The molecule has 0 unspecified atom stereocenters. The van der Waals surface area contributed by atoms with Crippen molar-refractivity contribution in [3.8, 4) is 0 Å². The molecule has 3 nitrogen and oxygen atoms in total. The molecule has 0 radical (unpaired) electrons. The smallest absolute Gasteiger partial charge is 0.280 e. The Labute approximate surface area is 81.7 Å². The van der Waals surface area contributed by atoms with Gasteiger partial charge < -0.3 is 10.2 Å². The summed E-state index contributed by atoms with van der Waals surface area (Å²) in [6.07, 6.45) is 0. The lowest BCUT2D eigenvalue weighted by Crippen LogP contribution is -2.32. The maximum absolute atomic E-state index is 10.5. The summed E-state index contributed by atoms with van der Waals surface area (Å²) in [7, 11) is 0. The van der Waals surface area contributed by atoms with Crippen LogP contribution in [0.5, 0.6) is 0 Å². The summed E-state index contributed by atoms with van der Waals surface area (Å²) in [5, 5.41) is 2.75. The SMILES string of the molecule is CCN(CC)CCNC(=O)I. The van der Waals surface area contributed by atoms with Crippen LogP contribution < -0.4 is 5.32 Å². The lowest BCUT2D eigenvalue weighted by Gasteiger charge is -2.17. The maximum atomic E-state index is 10.5. The van der Waals surface area contributed by atoms with Gasteiger partial charge in [-0.2, -0.15) is 0 Å². The van der Waals surface area contributed by atoms with Crippen LogP contribution in [0.4, 0.5) is 4.79 Å². The van der Waals surface area contributed by atoms with Gasteiger partial charge in [-0.1, -0.05) is 13.8 Å². The Hall–Kier alpha value is 0.160. The van der Waals surface area contributed by atoms with Crippen LogP contribution in [0.25, 0.3) is 0 Å². The number of rotatable bonds is 5. The highest BCUT2D eigenvalue weighted by Crippen LogP contribution is 1.86. The van der Waals surface area contributed by atoms with E-state index in [-0.39, 0.29) is 3.91 Å². The van der Waals surface area contributed by atoms with Crippen molar-refractivity contribution in [1.29, 1.82) is 0 Å². The molecule has 66 valence electrons. The number of carbonyl (C=O) groups excluding carboxylic acids is 1. The molecule has 0 aliphatic heterocycles. The van der Waals surface area contributed by atoms with Gasteiger partial charge in [0, 0.05) is 35.7 Å². The highest BCUT2D eigenvalue weighted by Gasteiger charge is 1.98. The molecule has 0 saturated heterocycles. The number of halogens is 1. The molecule has 0 atom stereocenters. The zero-order valence-corrected chi connectivity index (χ0v) is 9.22. The van der Waals surface area contributed by atoms with Gasteiger partial charge in [0.15, 0.2) is 0 Å². The first kappa shape index (κ1) is 11.2. The highest BCUT2D eigenvalue weighted by molar-refractivity contribution is 14.1. The van der Waals surface area contributed by atoms with Crippen molar-refractivity contribution >= 4 is 26.5 Å². The fraction of sp³-hybridized carbons (Fsp3) is 0.857. The van der Waals surface area contributed by atoms with Crippen LogP contribution in [-0.4, -0.2) is 35.0 Å². The molecule has 0 aromatic rings. The lowest BCUT2D eigenvalue weighted by atomic mass is 10.5. The van der Waals surface area contributed by atoms with Gasteiger partial charge in [-0.05, 0) is 13.1 Å². The molecular formula is C7H15IN2O. The quantitative estimate of drug-likeness (QED) is 0.466. The van der Waals surface area contributed by atoms with Crippen LogP contribution in [0.2, 0.25) is 0 Å². The first-order chi connectivity index (χ1) is 5.20. The fourth-order valence-electron chi connectivity index (χ4n) is 0.852. The van der Waals surface area contributed by atoms with Crippen LogP contribution in [0.15, 0.2) is 0 Å². The Balaban J connectivity index is 3.28. The van der Waals surface area contributed by atoms with Crippen LogP contribution in [0.1, 0.15) is 13.8 Å². The van der Waals surface area contributed by atoms with Crippen molar-refractivity contribution < 1.29 is 4.79 Å². The number of hydrogen-bond donors (Lipinski definition) is 1. The molecule has 0 aliphatic rings. The monoisotopic (exact) mass is 270 g/mol. The largest absolute Gasteiger partial charge is 0.346 e.